The molecule has 1 aromatic carbocycles. The predicted octanol–water partition coefficient (Wildman–Crippen LogP) is 4.67. The lowest BCUT2D eigenvalue weighted by Crippen LogP contribution is -2.43. The SMILES string of the molecule is NC(CCN1CCCCC1)C1CCN(c2ccnc3ccc(C(F)(F)F)cc23)CC1. The molecule has 2 saturated heterocycles. The number of anilines is 1. The number of benzene rings is 1. The first-order valence-electron chi connectivity index (χ1n) is 11.1. The van der Waals surface area contributed by atoms with Crippen LogP contribution in [-0.4, -0.2) is 48.6 Å². The lowest BCUT2D eigenvalue weighted by molar-refractivity contribution is -0.137. The third-order valence-corrected chi connectivity index (χ3v) is 6.76. The average Bonchev–Trinajstić information content (AvgIpc) is 2.77. The number of fused-ring (bicyclic) bond motifs is 1. The highest BCUT2D eigenvalue weighted by molar-refractivity contribution is 5.92. The van der Waals surface area contributed by atoms with Crippen molar-refractivity contribution in [3.05, 3.63) is 36.0 Å². The van der Waals surface area contributed by atoms with E-state index < -0.39 is 11.7 Å². The smallest absolute Gasteiger partial charge is 0.371 e. The first-order chi connectivity index (χ1) is 14.4. The number of likely N-dealkylation sites (tertiary alicyclic amines) is 1. The van der Waals surface area contributed by atoms with Gasteiger partial charge in [0.1, 0.15) is 0 Å². The van der Waals surface area contributed by atoms with Crippen LogP contribution in [0.25, 0.3) is 10.9 Å². The molecular formula is C23H31F3N4. The number of rotatable bonds is 5. The van der Waals surface area contributed by atoms with Crippen molar-refractivity contribution in [2.45, 2.75) is 50.7 Å². The van der Waals surface area contributed by atoms with E-state index in [9.17, 15) is 13.2 Å². The minimum Gasteiger partial charge on any atom is -0.371 e. The second kappa shape index (κ2) is 9.10. The summed E-state index contributed by atoms with van der Waals surface area (Å²) in [6.07, 6.45) is 4.24. The molecule has 30 heavy (non-hydrogen) atoms. The van der Waals surface area contributed by atoms with Gasteiger partial charge < -0.3 is 15.5 Å². The van der Waals surface area contributed by atoms with Crippen LogP contribution in [-0.2, 0) is 6.18 Å². The van der Waals surface area contributed by atoms with Gasteiger partial charge in [0, 0.05) is 36.4 Å². The molecule has 164 valence electrons. The van der Waals surface area contributed by atoms with Crippen molar-refractivity contribution in [2.75, 3.05) is 37.6 Å². The highest BCUT2D eigenvalue weighted by Gasteiger charge is 2.31. The van der Waals surface area contributed by atoms with Gasteiger partial charge in [0.15, 0.2) is 0 Å². The number of aromatic nitrogens is 1. The largest absolute Gasteiger partial charge is 0.416 e. The molecule has 1 atom stereocenters. The monoisotopic (exact) mass is 420 g/mol. The number of nitrogens with two attached hydrogens (primary N) is 1. The van der Waals surface area contributed by atoms with Crippen molar-refractivity contribution in [2.24, 2.45) is 11.7 Å². The fourth-order valence-electron chi connectivity index (χ4n) is 4.90. The molecule has 4 rings (SSSR count). The number of alkyl halides is 3. The summed E-state index contributed by atoms with van der Waals surface area (Å²) in [5, 5.41) is 0.570. The van der Waals surface area contributed by atoms with Gasteiger partial charge in [0.05, 0.1) is 11.1 Å². The summed E-state index contributed by atoms with van der Waals surface area (Å²) in [6.45, 7) is 5.10. The Morgan fingerprint density at radius 2 is 1.77 bits per heavy atom. The molecule has 0 amide bonds. The highest BCUT2D eigenvalue weighted by Crippen LogP contribution is 2.35. The van der Waals surface area contributed by atoms with E-state index >= 15 is 0 Å². The molecule has 0 bridgehead atoms. The Labute approximate surface area is 176 Å². The summed E-state index contributed by atoms with van der Waals surface area (Å²) in [4.78, 5) is 8.97. The lowest BCUT2D eigenvalue weighted by atomic mass is 9.87. The molecule has 2 aromatic rings. The van der Waals surface area contributed by atoms with Gasteiger partial charge in [-0.3, -0.25) is 4.98 Å². The van der Waals surface area contributed by atoms with Crippen LogP contribution in [0.3, 0.4) is 0 Å². The van der Waals surface area contributed by atoms with Crippen molar-refractivity contribution < 1.29 is 13.2 Å². The molecule has 0 spiro atoms. The van der Waals surface area contributed by atoms with Gasteiger partial charge in [-0.1, -0.05) is 6.42 Å². The molecule has 2 aliphatic heterocycles. The number of halogens is 3. The maximum absolute atomic E-state index is 13.2. The van der Waals surface area contributed by atoms with Crippen LogP contribution in [0.1, 0.15) is 44.1 Å². The fourth-order valence-corrected chi connectivity index (χ4v) is 4.90. The van der Waals surface area contributed by atoms with Crippen LogP contribution in [0.5, 0.6) is 0 Å². The zero-order valence-corrected chi connectivity index (χ0v) is 17.4. The Hall–Kier alpha value is -1.86. The Morgan fingerprint density at radius 1 is 1.03 bits per heavy atom. The van der Waals surface area contributed by atoms with Crippen LogP contribution in [0, 0.1) is 5.92 Å². The lowest BCUT2D eigenvalue weighted by Gasteiger charge is -2.37. The normalized spacial score (nSPS) is 20.6. The molecule has 2 N–H and O–H groups in total. The van der Waals surface area contributed by atoms with Crippen LogP contribution in [0.2, 0.25) is 0 Å². The summed E-state index contributed by atoms with van der Waals surface area (Å²) in [5.74, 6) is 0.477. The van der Waals surface area contributed by atoms with E-state index in [1.165, 1.54) is 44.5 Å². The van der Waals surface area contributed by atoms with E-state index in [4.69, 9.17) is 5.73 Å². The minimum atomic E-state index is -4.35. The van der Waals surface area contributed by atoms with Gasteiger partial charge in [-0.25, -0.2) is 0 Å². The van der Waals surface area contributed by atoms with E-state index in [-0.39, 0.29) is 6.04 Å². The highest BCUT2D eigenvalue weighted by atomic mass is 19.4. The summed E-state index contributed by atoms with van der Waals surface area (Å²) < 4.78 is 39.6. The third-order valence-electron chi connectivity index (χ3n) is 6.76. The molecule has 2 aliphatic rings. The van der Waals surface area contributed by atoms with Crippen molar-refractivity contribution in [3.63, 3.8) is 0 Å². The van der Waals surface area contributed by atoms with E-state index in [1.807, 2.05) is 6.07 Å². The minimum absolute atomic E-state index is 0.195. The standard InChI is InChI=1S/C23H31F3N4/c24-23(25,26)18-4-5-21-19(16-18)22(6-10-28-21)30-14-7-17(8-15-30)20(27)9-13-29-11-2-1-3-12-29/h4-6,10,16-17,20H,1-3,7-9,11-15,27H2. The summed E-state index contributed by atoms with van der Waals surface area (Å²) >= 11 is 0. The molecule has 0 aliphatic carbocycles. The molecule has 7 heteroatoms. The van der Waals surface area contributed by atoms with Gasteiger partial charge in [0.2, 0.25) is 0 Å². The van der Waals surface area contributed by atoms with Gasteiger partial charge in [-0.15, -0.1) is 0 Å². The maximum Gasteiger partial charge on any atom is 0.416 e. The predicted molar refractivity (Wildman–Crippen MR) is 115 cm³/mol. The summed E-state index contributed by atoms with van der Waals surface area (Å²) in [6, 6.07) is 5.82. The van der Waals surface area contributed by atoms with Crippen molar-refractivity contribution in [3.8, 4) is 0 Å². The number of hydrogen-bond acceptors (Lipinski definition) is 4. The molecule has 3 heterocycles. The molecule has 1 unspecified atom stereocenters. The first kappa shape index (κ1) is 21.4. The zero-order valence-electron chi connectivity index (χ0n) is 17.4. The van der Waals surface area contributed by atoms with Crippen molar-refractivity contribution in [1.82, 2.24) is 9.88 Å². The Bertz CT molecular complexity index is 840. The van der Waals surface area contributed by atoms with Crippen LogP contribution in [0.4, 0.5) is 18.9 Å². The van der Waals surface area contributed by atoms with E-state index in [0.29, 0.717) is 16.8 Å². The first-order valence-corrected chi connectivity index (χ1v) is 11.1. The van der Waals surface area contributed by atoms with Crippen molar-refractivity contribution in [1.29, 1.82) is 0 Å². The average molecular weight is 421 g/mol. The number of piperidine rings is 2. The van der Waals surface area contributed by atoms with Crippen molar-refractivity contribution >= 4 is 16.6 Å². The quantitative estimate of drug-likeness (QED) is 0.763. The molecule has 0 radical (unpaired) electrons. The van der Waals surface area contributed by atoms with E-state index in [1.54, 1.807) is 6.20 Å². The van der Waals surface area contributed by atoms with Crippen LogP contribution >= 0.6 is 0 Å². The van der Waals surface area contributed by atoms with Crippen LogP contribution in [0.15, 0.2) is 30.5 Å². The van der Waals surface area contributed by atoms with Gasteiger partial charge >= 0.3 is 6.18 Å². The van der Waals surface area contributed by atoms with E-state index in [2.05, 4.69) is 14.8 Å². The summed E-state index contributed by atoms with van der Waals surface area (Å²) in [7, 11) is 0. The molecule has 2 fully saturated rings. The molecule has 1 aromatic heterocycles. The number of pyridine rings is 1. The molecular weight excluding hydrogens is 389 g/mol. The Morgan fingerprint density at radius 3 is 2.47 bits per heavy atom. The van der Waals surface area contributed by atoms with Gasteiger partial charge in [-0.05, 0) is 81.9 Å². The molecule has 0 saturated carbocycles. The number of hydrogen-bond donors (Lipinski definition) is 1. The number of nitrogens with zero attached hydrogens (tertiary/aromatic N) is 3. The molecule has 4 nitrogen and oxygen atoms in total. The van der Waals surface area contributed by atoms with Gasteiger partial charge in [0.25, 0.3) is 0 Å². The topological polar surface area (TPSA) is 45.4 Å². The summed E-state index contributed by atoms with van der Waals surface area (Å²) in [5.41, 5.74) is 7.34. The second-order valence-electron chi connectivity index (χ2n) is 8.74. The zero-order chi connectivity index (χ0) is 21.1. The Kier molecular flexibility index (Phi) is 6.48. The maximum atomic E-state index is 13.2. The third kappa shape index (κ3) is 4.89. The van der Waals surface area contributed by atoms with Gasteiger partial charge in [-0.2, -0.15) is 13.2 Å². The van der Waals surface area contributed by atoms with Crippen LogP contribution < -0.4 is 10.6 Å². The van der Waals surface area contributed by atoms with E-state index in [0.717, 1.165) is 50.7 Å². The fraction of sp³-hybridized carbons (Fsp3) is 0.609. The Balaban J connectivity index is 1.39. The second-order valence-corrected chi connectivity index (χ2v) is 8.74.